The summed E-state index contributed by atoms with van der Waals surface area (Å²) in [7, 11) is 0. The molecule has 4 nitrogen and oxygen atoms in total. The Hall–Kier alpha value is -0.720. The molecule has 1 aliphatic rings. The predicted octanol–water partition coefficient (Wildman–Crippen LogP) is 2.76. The van der Waals surface area contributed by atoms with Crippen LogP contribution in [0.5, 0.6) is 0 Å². The van der Waals surface area contributed by atoms with Gasteiger partial charge in [-0.3, -0.25) is 0 Å². The van der Waals surface area contributed by atoms with Crippen LogP contribution in [0.4, 0.5) is 5.69 Å². The summed E-state index contributed by atoms with van der Waals surface area (Å²) in [6, 6.07) is 5.66. The number of halogens is 1. The first-order valence-electron chi connectivity index (χ1n) is 5.62. The van der Waals surface area contributed by atoms with Crippen LogP contribution >= 0.6 is 27.7 Å². The molecule has 18 heavy (non-hydrogen) atoms. The lowest BCUT2D eigenvalue weighted by Gasteiger charge is -2.11. The van der Waals surface area contributed by atoms with Crippen molar-refractivity contribution in [3.8, 4) is 0 Å². The molecule has 1 aromatic carbocycles. The number of benzene rings is 1. The second-order valence-corrected chi connectivity index (χ2v) is 6.08. The zero-order valence-corrected chi connectivity index (χ0v) is 12.0. The van der Waals surface area contributed by atoms with Crippen molar-refractivity contribution in [2.75, 3.05) is 11.5 Å². The van der Waals surface area contributed by atoms with Crippen LogP contribution in [0.1, 0.15) is 12.8 Å². The van der Waals surface area contributed by atoms with Gasteiger partial charge >= 0.3 is 5.97 Å². The summed E-state index contributed by atoms with van der Waals surface area (Å²) in [4.78, 5) is 11.8. The highest BCUT2D eigenvalue weighted by molar-refractivity contribution is 9.10. The molecular formula is C12H14BrNO3S. The van der Waals surface area contributed by atoms with Gasteiger partial charge < -0.3 is 15.6 Å². The number of hydrogen-bond donors (Lipinski definition) is 2. The summed E-state index contributed by atoms with van der Waals surface area (Å²) < 4.78 is 6.41. The molecule has 1 fully saturated rings. The smallest absolute Gasteiger partial charge is 0.332 e. The number of anilines is 1. The van der Waals surface area contributed by atoms with E-state index in [1.165, 1.54) is 0 Å². The molecule has 0 saturated carbocycles. The van der Waals surface area contributed by atoms with E-state index in [0.29, 0.717) is 12.1 Å². The normalized spacial score (nSPS) is 23.2. The standard InChI is InChI=1S/C12H14BrNO3S/c13-9-5-7(14)1-4-11(9)18-6-8-2-3-10(17-8)12(15)16/h1,4-5,8,10H,2-3,6,14H2,(H,15,16). The summed E-state index contributed by atoms with van der Waals surface area (Å²) in [6.45, 7) is 0. The van der Waals surface area contributed by atoms with Gasteiger partial charge in [0.25, 0.3) is 0 Å². The molecule has 1 saturated heterocycles. The van der Waals surface area contributed by atoms with Gasteiger partial charge in [0, 0.05) is 20.8 Å². The van der Waals surface area contributed by atoms with E-state index >= 15 is 0 Å². The van der Waals surface area contributed by atoms with Crippen LogP contribution < -0.4 is 5.73 Å². The van der Waals surface area contributed by atoms with E-state index in [9.17, 15) is 4.79 Å². The van der Waals surface area contributed by atoms with Crippen LogP contribution in [0.2, 0.25) is 0 Å². The number of rotatable bonds is 4. The summed E-state index contributed by atoms with van der Waals surface area (Å²) >= 11 is 5.10. The molecular weight excluding hydrogens is 318 g/mol. The van der Waals surface area contributed by atoms with Crippen molar-refractivity contribution >= 4 is 39.3 Å². The van der Waals surface area contributed by atoms with Crippen molar-refractivity contribution in [3.05, 3.63) is 22.7 Å². The van der Waals surface area contributed by atoms with Gasteiger partial charge in [-0.2, -0.15) is 0 Å². The zero-order chi connectivity index (χ0) is 13.1. The first kappa shape index (κ1) is 13.7. The summed E-state index contributed by atoms with van der Waals surface area (Å²) in [5.74, 6) is -0.108. The maximum Gasteiger partial charge on any atom is 0.332 e. The van der Waals surface area contributed by atoms with Gasteiger partial charge in [0.05, 0.1) is 6.10 Å². The molecule has 0 radical (unpaired) electrons. The van der Waals surface area contributed by atoms with Gasteiger partial charge in [-0.25, -0.2) is 4.79 Å². The minimum absolute atomic E-state index is 0.0144. The van der Waals surface area contributed by atoms with Crippen LogP contribution in [0.25, 0.3) is 0 Å². The molecule has 0 bridgehead atoms. The number of nitrogen functional groups attached to an aromatic ring is 1. The minimum atomic E-state index is -0.865. The molecule has 3 N–H and O–H groups in total. The average Bonchev–Trinajstić information content (AvgIpc) is 2.76. The van der Waals surface area contributed by atoms with E-state index in [4.69, 9.17) is 15.6 Å². The third-order valence-corrected chi connectivity index (χ3v) is 4.89. The molecule has 2 atom stereocenters. The third kappa shape index (κ3) is 3.40. The zero-order valence-electron chi connectivity index (χ0n) is 9.64. The lowest BCUT2D eigenvalue weighted by molar-refractivity contribution is -0.148. The van der Waals surface area contributed by atoms with Gasteiger partial charge in [-0.05, 0) is 47.0 Å². The second kappa shape index (κ2) is 5.95. The van der Waals surface area contributed by atoms with Gasteiger partial charge in [0.15, 0.2) is 6.10 Å². The quantitative estimate of drug-likeness (QED) is 0.655. The molecule has 0 aliphatic carbocycles. The number of thioether (sulfide) groups is 1. The van der Waals surface area contributed by atoms with Gasteiger partial charge in [-0.1, -0.05) is 0 Å². The summed E-state index contributed by atoms with van der Waals surface area (Å²) in [5.41, 5.74) is 6.39. The fraction of sp³-hybridized carbons (Fsp3) is 0.417. The molecule has 6 heteroatoms. The minimum Gasteiger partial charge on any atom is -0.479 e. The van der Waals surface area contributed by atoms with Crippen molar-refractivity contribution in [1.82, 2.24) is 0 Å². The number of carbonyl (C=O) groups is 1. The van der Waals surface area contributed by atoms with Crippen molar-refractivity contribution in [1.29, 1.82) is 0 Å². The van der Waals surface area contributed by atoms with Crippen LogP contribution in [-0.2, 0) is 9.53 Å². The molecule has 98 valence electrons. The van der Waals surface area contributed by atoms with E-state index in [1.807, 2.05) is 18.2 Å². The van der Waals surface area contributed by atoms with E-state index in [0.717, 1.165) is 21.5 Å². The fourth-order valence-corrected chi connectivity index (χ4v) is 3.54. The molecule has 0 spiro atoms. The monoisotopic (exact) mass is 331 g/mol. The first-order valence-corrected chi connectivity index (χ1v) is 7.40. The predicted molar refractivity (Wildman–Crippen MR) is 74.8 cm³/mol. The lowest BCUT2D eigenvalue weighted by atomic mass is 10.2. The number of nitrogens with two attached hydrogens (primary N) is 1. The second-order valence-electron chi connectivity index (χ2n) is 4.16. The van der Waals surface area contributed by atoms with Crippen LogP contribution in [0.3, 0.4) is 0 Å². The highest BCUT2D eigenvalue weighted by Crippen LogP contribution is 2.32. The summed E-state index contributed by atoms with van der Waals surface area (Å²) in [6.07, 6.45) is 0.783. The van der Waals surface area contributed by atoms with Crippen LogP contribution in [0, 0.1) is 0 Å². The fourth-order valence-electron chi connectivity index (χ4n) is 1.83. The van der Waals surface area contributed by atoms with Crippen molar-refractivity contribution in [2.45, 2.75) is 29.9 Å². The molecule has 2 rings (SSSR count). The maximum atomic E-state index is 10.8. The first-order chi connectivity index (χ1) is 8.56. The molecule has 1 aromatic rings. The number of aliphatic carboxylic acids is 1. The van der Waals surface area contributed by atoms with E-state index in [2.05, 4.69) is 15.9 Å². The Morgan fingerprint density at radius 3 is 2.94 bits per heavy atom. The molecule has 1 aliphatic heterocycles. The van der Waals surface area contributed by atoms with E-state index in [1.54, 1.807) is 11.8 Å². The van der Waals surface area contributed by atoms with Crippen molar-refractivity contribution < 1.29 is 14.6 Å². The molecule has 0 amide bonds. The highest BCUT2D eigenvalue weighted by atomic mass is 79.9. The maximum absolute atomic E-state index is 10.8. The third-order valence-electron chi connectivity index (χ3n) is 2.76. The Morgan fingerprint density at radius 1 is 1.56 bits per heavy atom. The van der Waals surface area contributed by atoms with Crippen molar-refractivity contribution in [2.24, 2.45) is 0 Å². The van der Waals surface area contributed by atoms with Gasteiger partial charge in [0.1, 0.15) is 0 Å². The Bertz CT molecular complexity index is 455. The number of carboxylic acids is 1. The molecule has 2 unspecified atom stereocenters. The van der Waals surface area contributed by atoms with E-state index < -0.39 is 12.1 Å². The largest absolute Gasteiger partial charge is 0.479 e. The Labute approximate surface area is 118 Å². The molecule has 1 heterocycles. The Morgan fingerprint density at radius 2 is 2.33 bits per heavy atom. The lowest BCUT2D eigenvalue weighted by Crippen LogP contribution is -2.21. The average molecular weight is 332 g/mol. The van der Waals surface area contributed by atoms with Crippen molar-refractivity contribution in [3.63, 3.8) is 0 Å². The Kier molecular flexibility index (Phi) is 4.53. The van der Waals surface area contributed by atoms with E-state index in [-0.39, 0.29) is 6.10 Å². The SMILES string of the molecule is Nc1ccc(SCC2CCC(C(=O)O)O2)c(Br)c1. The number of hydrogen-bond acceptors (Lipinski definition) is 4. The van der Waals surface area contributed by atoms with Crippen LogP contribution in [0.15, 0.2) is 27.6 Å². The summed E-state index contributed by atoms with van der Waals surface area (Å²) in [5, 5.41) is 8.84. The number of ether oxygens (including phenoxy) is 1. The molecule has 0 aromatic heterocycles. The van der Waals surface area contributed by atoms with Gasteiger partial charge in [0.2, 0.25) is 0 Å². The highest BCUT2D eigenvalue weighted by Gasteiger charge is 2.30. The number of carboxylic acid groups (broad SMARTS) is 1. The van der Waals surface area contributed by atoms with Crippen LogP contribution in [-0.4, -0.2) is 29.0 Å². The Balaban J connectivity index is 1.87. The van der Waals surface area contributed by atoms with Gasteiger partial charge in [-0.15, -0.1) is 11.8 Å². The topological polar surface area (TPSA) is 72.6 Å².